The maximum Gasteiger partial charge on any atom is 0.290 e. The quantitative estimate of drug-likeness (QED) is 0.260. The van der Waals surface area contributed by atoms with Crippen molar-refractivity contribution in [3.8, 4) is 0 Å². The fraction of sp³-hybridized carbons (Fsp3) is 0.682. The number of amides is 3. The molecule has 0 saturated carbocycles. The number of hydrogen-bond acceptors (Lipinski definition) is 9. The van der Waals surface area contributed by atoms with Gasteiger partial charge in [-0.3, -0.25) is 19.2 Å². The third-order valence-corrected chi connectivity index (χ3v) is 4.69. The number of aromatic nitrogens is 1. The molecule has 3 N–H and O–H groups in total. The highest BCUT2D eigenvalue weighted by Gasteiger charge is 2.30. The first-order valence-corrected chi connectivity index (χ1v) is 11.1. The molecular weight excluding hydrogens is 448 g/mol. The first-order valence-electron chi connectivity index (χ1n) is 11.1. The van der Waals surface area contributed by atoms with Gasteiger partial charge in [0.25, 0.3) is 5.91 Å². The van der Waals surface area contributed by atoms with Gasteiger partial charge in [0.2, 0.25) is 17.6 Å². The predicted molar refractivity (Wildman–Crippen MR) is 121 cm³/mol. The van der Waals surface area contributed by atoms with Crippen molar-refractivity contribution in [2.45, 2.75) is 51.7 Å². The number of nitrogens with one attached hydrogen (secondary N) is 3. The van der Waals surface area contributed by atoms with Crippen LogP contribution in [0, 0.1) is 5.92 Å². The highest BCUT2D eigenvalue weighted by molar-refractivity contribution is 5.97. The molecule has 3 atom stereocenters. The van der Waals surface area contributed by atoms with Crippen molar-refractivity contribution < 1.29 is 37.9 Å². The first-order chi connectivity index (χ1) is 16.2. The highest BCUT2D eigenvalue weighted by Crippen LogP contribution is 2.08. The number of hydrogen-bond donors (Lipinski definition) is 3. The van der Waals surface area contributed by atoms with Crippen molar-refractivity contribution >= 4 is 23.5 Å². The monoisotopic (exact) mass is 484 g/mol. The van der Waals surface area contributed by atoms with E-state index in [0.29, 0.717) is 13.0 Å². The van der Waals surface area contributed by atoms with Crippen molar-refractivity contribution in [1.29, 1.82) is 0 Å². The minimum Gasteiger partial charge on any atom is -0.382 e. The zero-order valence-corrected chi connectivity index (χ0v) is 20.4. The lowest BCUT2D eigenvalue weighted by molar-refractivity contribution is -0.134. The molecule has 0 bridgehead atoms. The molecule has 3 amide bonds. The van der Waals surface area contributed by atoms with Gasteiger partial charge in [-0.1, -0.05) is 19.0 Å². The van der Waals surface area contributed by atoms with Crippen LogP contribution < -0.4 is 16.0 Å². The molecule has 12 heteroatoms. The zero-order chi connectivity index (χ0) is 25.5. The smallest absolute Gasteiger partial charge is 0.290 e. The molecule has 1 heterocycles. The highest BCUT2D eigenvalue weighted by atomic mass is 16.5. The summed E-state index contributed by atoms with van der Waals surface area (Å²) in [7, 11) is 2.74. The van der Waals surface area contributed by atoms with E-state index in [1.165, 1.54) is 26.5 Å². The second kappa shape index (κ2) is 15.9. The minimum atomic E-state index is -1.12. The Labute approximate surface area is 199 Å². The van der Waals surface area contributed by atoms with E-state index in [4.69, 9.17) is 18.7 Å². The van der Waals surface area contributed by atoms with E-state index < -0.39 is 35.8 Å². The Hall–Kier alpha value is -2.83. The van der Waals surface area contributed by atoms with Crippen LogP contribution in [0.2, 0.25) is 0 Å². The van der Waals surface area contributed by atoms with Crippen LogP contribution in [0.4, 0.5) is 0 Å². The van der Waals surface area contributed by atoms with Crippen molar-refractivity contribution in [3.05, 3.63) is 18.0 Å². The Morgan fingerprint density at radius 2 is 1.56 bits per heavy atom. The predicted octanol–water partition coefficient (Wildman–Crippen LogP) is 0.0772. The molecule has 1 rings (SSSR count). The van der Waals surface area contributed by atoms with Gasteiger partial charge in [0, 0.05) is 33.3 Å². The topological polar surface area (TPSA) is 158 Å². The standard InChI is InChI=1S/C22H36N4O8/c1-6-33-10-8-18(27)15(11-14(2)3)24-20(28)16(12-31-4)25-21(29)17(13-32-5)26-22(30)19-7-9-23-34-19/h7,9,14-17H,6,8,10-13H2,1-5H3,(H,24,28)(H,25,29)(H,26,30)/t15?,16-,17?/m0/s1. The molecule has 12 nitrogen and oxygen atoms in total. The Balaban J connectivity index is 2.86. The fourth-order valence-electron chi connectivity index (χ4n) is 3.04. The summed E-state index contributed by atoms with van der Waals surface area (Å²) in [6.07, 6.45) is 1.89. The summed E-state index contributed by atoms with van der Waals surface area (Å²) in [4.78, 5) is 50.6. The van der Waals surface area contributed by atoms with Gasteiger partial charge < -0.3 is 34.7 Å². The summed E-state index contributed by atoms with van der Waals surface area (Å²) >= 11 is 0. The molecule has 0 radical (unpaired) electrons. The van der Waals surface area contributed by atoms with Gasteiger partial charge in [-0.2, -0.15) is 0 Å². The summed E-state index contributed by atoms with van der Waals surface area (Å²) in [5.41, 5.74) is 0. The largest absolute Gasteiger partial charge is 0.382 e. The number of Topliss-reactive ketones (excluding diaryl/α,β-unsaturated/α-hetero) is 1. The normalized spacial score (nSPS) is 13.7. The van der Waals surface area contributed by atoms with E-state index in [1.807, 2.05) is 20.8 Å². The van der Waals surface area contributed by atoms with Crippen LogP contribution in [0.3, 0.4) is 0 Å². The summed E-state index contributed by atoms with van der Waals surface area (Å²) < 4.78 is 20.1. The number of methoxy groups -OCH3 is 2. The summed E-state index contributed by atoms with van der Waals surface area (Å²) in [5, 5.41) is 11.2. The number of ketones is 1. The molecular formula is C22H36N4O8. The molecule has 0 aliphatic carbocycles. The molecule has 0 aliphatic rings. The number of carbonyl (C=O) groups is 4. The van der Waals surface area contributed by atoms with Gasteiger partial charge in [-0.05, 0) is 19.3 Å². The van der Waals surface area contributed by atoms with Crippen LogP contribution in [0.25, 0.3) is 0 Å². The van der Waals surface area contributed by atoms with Gasteiger partial charge in [0.1, 0.15) is 12.1 Å². The molecule has 0 saturated heterocycles. The van der Waals surface area contributed by atoms with Gasteiger partial charge in [0.05, 0.1) is 32.1 Å². The summed E-state index contributed by atoms with van der Waals surface area (Å²) in [6.45, 7) is 6.17. The lowest BCUT2D eigenvalue weighted by atomic mass is 9.98. The minimum absolute atomic E-state index is 0.0813. The average molecular weight is 485 g/mol. The molecule has 0 aliphatic heterocycles. The molecule has 1 aromatic rings. The van der Waals surface area contributed by atoms with E-state index in [2.05, 4.69) is 21.1 Å². The second-order valence-electron chi connectivity index (χ2n) is 7.98. The number of carbonyl (C=O) groups excluding carboxylic acids is 4. The van der Waals surface area contributed by atoms with Gasteiger partial charge >= 0.3 is 0 Å². The van der Waals surface area contributed by atoms with Crippen LogP contribution in [-0.4, -0.2) is 87.4 Å². The van der Waals surface area contributed by atoms with Crippen LogP contribution >= 0.6 is 0 Å². The van der Waals surface area contributed by atoms with Gasteiger partial charge in [-0.15, -0.1) is 0 Å². The van der Waals surface area contributed by atoms with Gasteiger partial charge in [0.15, 0.2) is 5.78 Å². The maximum absolute atomic E-state index is 13.0. The lowest BCUT2D eigenvalue weighted by Gasteiger charge is -2.25. The lowest BCUT2D eigenvalue weighted by Crippen LogP contribution is -2.58. The molecule has 1 aromatic heterocycles. The average Bonchev–Trinajstić information content (AvgIpc) is 3.33. The Bertz CT molecular complexity index is 769. The summed E-state index contributed by atoms with van der Waals surface area (Å²) in [6, 6.07) is -1.61. The first kappa shape index (κ1) is 29.2. The van der Waals surface area contributed by atoms with Crippen molar-refractivity contribution in [2.24, 2.45) is 5.92 Å². The van der Waals surface area contributed by atoms with Crippen LogP contribution in [0.1, 0.15) is 44.2 Å². The Morgan fingerprint density at radius 3 is 2.06 bits per heavy atom. The molecule has 192 valence electrons. The summed E-state index contributed by atoms with van der Waals surface area (Å²) in [5.74, 6) is -2.01. The van der Waals surface area contributed by atoms with Crippen LogP contribution in [-0.2, 0) is 28.6 Å². The third-order valence-electron chi connectivity index (χ3n) is 4.69. The van der Waals surface area contributed by atoms with E-state index >= 15 is 0 Å². The van der Waals surface area contributed by atoms with Crippen LogP contribution in [0.5, 0.6) is 0 Å². The number of rotatable bonds is 17. The van der Waals surface area contributed by atoms with Crippen molar-refractivity contribution in [3.63, 3.8) is 0 Å². The van der Waals surface area contributed by atoms with Crippen LogP contribution in [0.15, 0.2) is 16.8 Å². The Kier molecular flexibility index (Phi) is 13.7. The third kappa shape index (κ3) is 10.4. The molecule has 2 unspecified atom stereocenters. The molecule has 34 heavy (non-hydrogen) atoms. The molecule has 0 aromatic carbocycles. The number of nitrogens with zero attached hydrogens (tertiary/aromatic N) is 1. The van der Waals surface area contributed by atoms with E-state index in [1.54, 1.807) is 0 Å². The van der Waals surface area contributed by atoms with E-state index in [9.17, 15) is 19.2 Å². The van der Waals surface area contributed by atoms with E-state index in [0.717, 1.165) is 0 Å². The molecule has 0 spiro atoms. The number of ether oxygens (including phenoxy) is 3. The van der Waals surface area contributed by atoms with E-state index in [-0.39, 0.29) is 43.7 Å². The van der Waals surface area contributed by atoms with Crippen molar-refractivity contribution in [1.82, 2.24) is 21.1 Å². The van der Waals surface area contributed by atoms with Gasteiger partial charge in [-0.25, -0.2) is 0 Å². The second-order valence-corrected chi connectivity index (χ2v) is 7.98. The fourth-order valence-corrected chi connectivity index (χ4v) is 3.04. The molecule has 0 fully saturated rings. The SMILES string of the molecule is CCOCCC(=O)C(CC(C)C)NC(=O)[C@H](COC)NC(=O)C(COC)NC(=O)c1ccno1. The zero-order valence-electron chi connectivity index (χ0n) is 20.4. The maximum atomic E-state index is 13.0. The van der Waals surface area contributed by atoms with Crippen molar-refractivity contribution in [2.75, 3.05) is 40.6 Å². The Morgan fingerprint density at radius 1 is 0.971 bits per heavy atom.